The highest BCUT2D eigenvalue weighted by Crippen LogP contribution is 2.27. The SMILES string of the molecule is CSCc1cccc(-c2cn(C)c(=O)cc2Br)c1. The zero-order chi connectivity index (χ0) is 13.1. The van der Waals surface area contributed by atoms with Crippen molar-refractivity contribution in [3.05, 3.63) is 56.9 Å². The van der Waals surface area contributed by atoms with Gasteiger partial charge < -0.3 is 4.57 Å². The molecular formula is C14H14BrNOS. The Kier molecular flexibility index (Phi) is 4.30. The van der Waals surface area contributed by atoms with Crippen molar-refractivity contribution in [3.63, 3.8) is 0 Å². The van der Waals surface area contributed by atoms with E-state index >= 15 is 0 Å². The Morgan fingerprint density at radius 2 is 2.11 bits per heavy atom. The largest absolute Gasteiger partial charge is 0.318 e. The lowest BCUT2D eigenvalue weighted by molar-refractivity contribution is 0.860. The zero-order valence-corrected chi connectivity index (χ0v) is 12.7. The predicted molar refractivity (Wildman–Crippen MR) is 82.0 cm³/mol. The molecule has 1 heterocycles. The molecule has 0 unspecified atom stereocenters. The van der Waals surface area contributed by atoms with Crippen molar-refractivity contribution in [1.82, 2.24) is 4.57 Å². The molecule has 2 nitrogen and oxygen atoms in total. The van der Waals surface area contributed by atoms with Crippen LogP contribution in [-0.2, 0) is 12.8 Å². The van der Waals surface area contributed by atoms with Crippen LogP contribution in [0.1, 0.15) is 5.56 Å². The third-order valence-corrected chi connectivity index (χ3v) is 4.00. The van der Waals surface area contributed by atoms with E-state index in [4.69, 9.17) is 0 Å². The quantitative estimate of drug-likeness (QED) is 0.859. The fourth-order valence-electron chi connectivity index (χ4n) is 1.81. The third-order valence-electron chi connectivity index (χ3n) is 2.73. The molecule has 0 N–H and O–H groups in total. The molecule has 2 rings (SSSR count). The van der Waals surface area contributed by atoms with Gasteiger partial charge in [-0.25, -0.2) is 0 Å². The van der Waals surface area contributed by atoms with Gasteiger partial charge in [-0.05, 0) is 33.3 Å². The lowest BCUT2D eigenvalue weighted by atomic mass is 10.1. The number of aryl methyl sites for hydroxylation is 1. The van der Waals surface area contributed by atoms with E-state index in [1.165, 1.54) is 5.56 Å². The fourth-order valence-corrected chi connectivity index (χ4v) is 2.85. The Labute approximate surface area is 119 Å². The number of rotatable bonds is 3. The molecule has 18 heavy (non-hydrogen) atoms. The zero-order valence-electron chi connectivity index (χ0n) is 10.3. The highest BCUT2D eigenvalue weighted by molar-refractivity contribution is 9.10. The van der Waals surface area contributed by atoms with Crippen molar-refractivity contribution in [3.8, 4) is 11.1 Å². The summed E-state index contributed by atoms with van der Waals surface area (Å²) in [6.07, 6.45) is 3.96. The van der Waals surface area contributed by atoms with Crippen LogP contribution in [0.3, 0.4) is 0 Å². The number of halogens is 1. The maximum atomic E-state index is 11.5. The predicted octanol–water partition coefficient (Wildman–Crippen LogP) is 3.68. The van der Waals surface area contributed by atoms with Crippen LogP contribution in [0, 0.1) is 0 Å². The van der Waals surface area contributed by atoms with Gasteiger partial charge in [0.05, 0.1) is 0 Å². The van der Waals surface area contributed by atoms with E-state index in [1.54, 1.807) is 29.4 Å². The molecule has 1 aromatic heterocycles. The van der Waals surface area contributed by atoms with E-state index in [9.17, 15) is 4.79 Å². The normalized spacial score (nSPS) is 10.6. The molecule has 0 saturated carbocycles. The number of hydrogen-bond donors (Lipinski definition) is 0. The first-order valence-electron chi connectivity index (χ1n) is 5.56. The summed E-state index contributed by atoms with van der Waals surface area (Å²) in [5, 5.41) is 0. The third kappa shape index (κ3) is 2.87. The standard InChI is InChI=1S/C14H14BrNOS/c1-16-8-12(13(15)7-14(16)17)11-5-3-4-10(6-11)9-18-2/h3-8H,9H2,1-2H3. The van der Waals surface area contributed by atoms with Gasteiger partial charge in [-0.15, -0.1) is 0 Å². The highest BCUT2D eigenvalue weighted by atomic mass is 79.9. The minimum atomic E-state index is -0.00843. The Bertz CT molecular complexity index is 621. The van der Waals surface area contributed by atoms with Crippen LogP contribution in [0.15, 0.2) is 45.8 Å². The van der Waals surface area contributed by atoms with Crippen molar-refractivity contribution in [2.75, 3.05) is 6.26 Å². The highest BCUT2D eigenvalue weighted by Gasteiger charge is 2.06. The van der Waals surface area contributed by atoms with Gasteiger partial charge in [-0.2, -0.15) is 11.8 Å². The number of aromatic nitrogens is 1. The molecule has 0 amide bonds. The molecule has 1 aromatic carbocycles. The summed E-state index contributed by atoms with van der Waals surface area (Å²) < 4.78 is 2.44. The molecule has 0 radical (unpaired) electrons. The van der Waals surface area contributed by atoms with E-state index < -0.39 is 0 Å². The summed E-state index contributed by atoms with van der Waals surface area (Å²) in [5.74, 6) is 0.997. The van der Waals surface area contributed by atoms with Crippen LogP contribution >= 0.6 is 27.7 Å². The number of hydrogen-bond acceptors (Lipinski definition) is 2. The van der Waals surface area contributed by atoms with Gasteiger partial charge in [0.1, 0.15) is 0 Å². The van der Waals surface area contributed by atoms with Gasteiger partial charge in [0, 0.05) is 35.1 Å². The summed E-state index contributed by atoms with van der Waals surface area (Å²) in [7, 11) is 1.77. The first kappa shape index (κ1) is 13.4. The van der Waals surface area contributed by atoms with E-state index in [1.807, 2.05) is 6.20 Å². The Morgan fingerprint density at radius 3 is 2.83 bits per heavy atom. The van der Waals surface area contributed by atoms with Gasteiger partial charge in [0.25, 0.3) is 5.56 Å². The fraction of sp³-hybridized carbons (Fsp3) is 0.214. The van der Waals surface area contributed by atoms with Crippen molar-refractivity contribution in [2.45, 2.75) is 5.75 Å². The summed E-state index contributed by atoms with van der Waals surface area (Å²) in [4.78, 5) is 11.5. The van der Waals surface area contributed by atoms with Gasteiger partial charge >= 0.3 is 0 Å². The molecule has 0 spiro atoms. The van der Waals surface area contributed by atoms with E-state index in [0.29, 0.717) is 0 Å². The number of pyridine rings is 1. The number of benzene rings is 1. The molecule has 0 aliphatic carbocycles. The smallest absolute Gasteiger partial charge is 0.251 e. The Hall–Kier alpha value is -1.00. The van der Waals surface area contributed by atoms with Gasteiger partial charge in [-0.1, -0.05) is 24.3 Å². The molecule has 0 aliphatic heterocycles. The number of nitrogens with zero attached hydrogens (tertiary/aromatic N) is 1. The molecular weight excluding hydrogens is 310 g/mol. The molecule has 2 aromatic rings. The summed E-state index contributed by atoms with van der Waals surface area (Å²) in [5.41, 5.74) is 3.45. The maximum Gasteiger partial charge on any atom is 0.251 e. The molecule has 0 fully saturated rings. The van der Waals surface area contributed by atoms with Crippen LogP contribution < -0.4 is 5.56 Å². The van der Waals surface area contributed by atoms with Crippen molar-refractivity contribution in [2.24, 2.45) is 7.05 Å². The second-order valence-corrected chi connectivity index (χ2v) is 5.84. The molecule has 0 atom stereocenters. The van der Waals surface area contributed by atoms with Gasteiger partial charge in [0.2, 0.25) is 0 Å². The van der Waals surface area contributed by atoms with Crippen LogP contribution in [0.25, 0.3) is 11.1 Å². The first-order valence-corrected chi connectivity index (χ1v) is 7.75. The van der Waals surface area contributed by atoms with Crippen molar-refractivity contribution >= 4 is 27.7 Å². The van der Waals surface area contributed by atoms with Crippen LogP contribution in [0.2, 0.25) is 0 Å². The molecule has 94 valence electrons. The monoisotopic (exact) mass is 323 g/mol. The van der Waals surface area contributed by atoms with Crippen LogP contribution in [0.5, 0.6) is 0 Å². The second kappa shape index (κ2) is 5.76. The van der Waals surface area contributed by atoms with E-state index in [0.717, 1.165) is 21.4 Å². The summed E-state index contributed by atoms with van der Waals surface area (Å²) in [6.45, 7) is 0. The Balaban J connectivity index is 2.51. The number of thioether (sulfide) groups is 1. The molecule has 0 aliphatic rings. The van der Waals surface area contributed by atoms with Crippen LogP contribution in [0.4, 0.5) is 0 Å². The lowest BCUT2D eigenvalue weighted by Crippen LogP contribution is -2.14. The maximum absolute atomic E-state index is 11.5. The minimum absolute atomic E-state index is 0.00843. The van der Waals surface area contributed by atoms with E-state index in [-0.39, 0.29) is 5.56 Å². The van der Waals surface area contributed by atoms with E-state index in [2.05, 4.69) is 46.5 Å². The molecule has 0 saturated heterocycles. The average Bonchev–Trinajstić information content (AvgIpc) is 2.34. The average molecular weight is 324 g/mol. The molecule has 0 bridgehead atoms. The lowest BCUT2D eigenvalue weighted by Gasteiger charge is -2.08. The van der Waals surface area contributed by atoms with Crippen molar-refractivity contribution < 1.29 is 0 Å². The first-order chi connectivity index (χ1) is 8.61. The molecule has 4 heteroatoms. The Morgan fingerprint density at radius 1 is 1.33 bits per heavy atom. The van der Waals surface area contributed by atoms with Crippen molar-refractivity contribution in [1.29, 1.82) is 0 Å². The minimum Gasteiger partial charge on any atom is -0.318 e. The second-order valence-electron chi connectivity index (χ2n) is 4.12. The van der Waals surface area contributed by atoms with Gasteiger partial charge in [-0.3, -0.25) is 4.79 Å². The van der Waals surface area contributed by atoms with Crippen LogP contribution in [-0.4, -0.2) is 10.8 Å². The summed E-state index contributed by atoms with van der Waals surface area (Å²) >= 11 is 5.26. The van der Waals surface area contributed by atoms with Gasteiger partial charge in [0.15, 0.2) is 0 Å². The topological polar surface area (TPSA) is 22.0 Å². The summed E-state index contributed by atoms with van der Waals surface area (Å²) in [6, 6.07) is 10.0.